The standard InChI is InChI=1S/C13H8N4/c14-5-9-2-1-3-10(4-9)11-6-15-7-12-13(11)17-8-16-12/h1-4,6-8H,(H,16,17). The highest BCUT2D eigenvalue weighted by Gasteiger charge is 2.06. The molecule has 0 amide bonds. The number of pyridine rings is 1. The Hall–Kier alpha value is -2.67. The van der Waals surface area contributed by atoms with E-state index in [1.807, 2.05) is 18.2 Å². The minimum absolute atomic E-state index is 0.634. The Morgan fingerprint density at radius 3 is 3.06 bits per heavy atom. The molecule has 17 heavy (non-hydrogen) atoms. The molecular weight excluding hydrogens is 212 g/mol. The summed E-state index contributed by atoms with van der Waals surface area (Å²) >= 11 is 0. The SMILES string of the molecule is N#Cc1cccc(-c2cncc3[nH]cnc23)c1. The summed E-state index contributed by atoms with van der Waals surface area (Å²) in [6.07, 6.45) is 5.14. The third-order valence-electron chi connectivity index (χ3n) is 2.63. The zero-order chi connectivity index (χ0) is 11.7. The maximum absolute atomic E-state index is 8.89. The molecule has 0 saturated carbocycles. The Morgan fingerprint density at radius 2 is 2.18 bits per heavy atom. The van der Waals surface area contributed by atoms with Gasteiger partial charge in [-0.2, -0.15) is 5.26 Å². The van der Waals surface area contributed by atoms with Crippen LogP contribution in [0.2, 0.25) is 0 Å². The van der Waals surface area contributed by atoms with Crippen LogP contribution in [0.5, 0.6) is 0 Å². The van der Waals surface area contributed by atoms with Crippen LogP contribution in [0.3, 0.4) is 0 Å². The van der Waals surface area contributed by atoms with Crippen LogP contribution >= 0.6 is 0 Å². The highest BCUT2D eigenvalue weighted by atomic mass is 14.9. The van der Waals surface area contributed by atoms with E-state index in [2.05, 4.69) is 21.0 Å². The molecule has 1 aromatic carbocycles. The lowest BCUT2D eigenvalue weighted by atomic mass is 10.0. The first-order valence-corrected chi connectivity index (χ1v) is 5.16. The molecule has 0 radical (unpaired) electrons. The molecule has 2 aromatic heterocycles. The molecule has 80 valence electrons. The Balaban J connectivity index is 2.27. The van der Waals surface area contributed by atoms with Crippen molar-refractivity contribution in [3.05, 3.63) is 48.5 Å². The fourth-order valence-corrected chi connectivity index (χ4v) is 1.83. The molecular formula is C13H8N4. The van der Waals surface area contributed by atoms with Crippen molar-refractivity contribution in [1.82, 2.24) is 15.0 Å². The lowest BCUT2D eigenvalue weighted by Gasteiger charge is -2.02. The molecule has 0 bridgehead atoms. The lowest BCUT2D eigenvalue weighted by molar-refractivity contribution is 1.33. The van der Waals surface area contributed by atoms with Crippen molar-refractivity contribution >= 4 is 11.0 Å². The molecule has 0 spiro atoms. The zero-order valence-corrected chi connectivity index (χ0v) is 8.88. The van der Waals surface area contributed by atoms with Gasteiger partial charge < -0.3 is 4.98 Å². The first-order valence-electron chi connectivity index (χ1n) is 5.16. The average molecular weight is 220 g/mol. The van der Waals surface area contributed by atoms with Crippen LogP contribution in [0.25, 0.3) is 22.2 Å². The molecule has 0 aliphatic heterocycles. The number of nitrogens with zero attached hydrogens (tertiary/aromatic N) is 3. The summed E-state index contributed by atoms with van der Waals surface area (Å²) in [5, 5.41) is 8.89. The second-order valence-electron chi connectivity index (χ2n) is 3.68. The van der Waals surface area contributed by atoms with Gasteiger partial charge in [0.15, 0.2) is 0 Å². The summed E-state index contributed by atoms with van der Waals surface area (Å²) in [4.78, 5) is 11.5. The number of hydrogen-bond acceptors (Lipinski definition) is 3. The van der Waals surface area contributed by atoms with Gasteiger partial charge >= 0.3 is 0 Å². The summed E-state index contributed by atoms with van der Waals surface area (Å²) in [5.41, 5.74) is 4.28. The Morgan fingerprint density at radius 1 is 1.24 bits per heavy atom. The molecule has 1 N–H and O–H groups in total. The van der Waals surface area contributed by atoms with E-state index >= 15 is 0 Å². The van der Waals surface area contributed by atoms with Crippen molar-refractivity contribution in [2.24, 2.45) is 0 Å². The highest BCUT2D eigenvalue weighted by molar-refractivity contribution is 5.90. The molecule has 3 aromatic rings. The number of hydrogen-bond donors (Lipinski definition) is 1. The second kappa shape index (κ2) is 3.72. The summed E-state index contributed by atoms with van der Waals surface area (Å²) < 4.78 is 0. The van der Waals surface area contributed by atoms with Crippen LogP contribution in [0, 0.1) is 11.3 Å². The third kappa shape index (κ3) is 1.54. The molecule has 3 rings (SSSR count). The smallest absolute Gasteiger partial charge is 0.0992 e. The van der Waals surface area contributed by atoms with Gasteiger partial charge in [-0.05, 0) is 17.7 Å². The predicted molar refractivity (Wildman–Crippen MR) is 64.0 cm³/mol. The van der Waals surface area contributed by atoms with E-state index in [4.69, 9.17) is 5.26 Å². The van der Waals surface area contributed by atoms with Crippen molar-refractivity contribution in [2.75, 3.05) is 0 Å². The van der Waals surface area contributed by atoms with E-state index in [9.17, 15) is 0 Å². The molecule has 4 heteroatoms. The van der Waals surface area contributed by atoms with Gasteiger partial charge in [-0.3, -0.25) is 4.98 Å². The summed E-state index contributed by atoms with van der Waals surface area (Å²) in [7, 11) is 0. The second-order valence-corrected chi connectivity index (χ2v) is 3.68. The number of nitrogens with one attached hydrogen (secondary N) is 1. The van der Waals surface area contributed by atoms with Gasteiger partial charge in [-0.1, -0.05) is 12.1 Å². The minimum atomic E-state index is 0.634. The molecule has 0 fully saturated rings. The van der Waals surface area contributed by atoms with Crippen molar-refractivity contribution in [3.63, 3.8) is 0 Å². The van der Waals surface area contributed by atoms with Crippen LogP contribution in [0.15, 0.2) is 43.0 Å². The maximum atomic E-state index is 8.89. The Kier molecular flexibility index (Phi) is 2.09. The van der Waals surface area contributed by atoms with Gasteiger partial charge in [-0.25, -0.2) is 4.98 Å². The van der Waals surface area contributed by atoms with Crippen LogP contribution in [0.1, 0.15) is 5.56 Å². The number of benzene rings is 1. The van der Waals surface area contributed by atoms with Crippen LogP contribution in [-0.2, 0) is 0 Å². The fraction of sp³-hybridized carbons (Fsp3) is 0. The largest absolute Gasteiger partial charge is 0.343 e. The van der Waals surface area contributed by atoms with Gasteiger partial charge in [0, 0.05) is 11.8 Å². The number of H-pyrrole nitrogens is 1. The van der Waals surface area contributed by atoms with Gasteiger partial charge in [-0.15, -0.1) is 0 Å². The molecule has 0 unspecified atom stereocenters. The van der Waals surface area contributed by atoms with Crippen LogP contribution in [0.4, 0.5) is 0 Å². The number of rotatable bonds is 1. The van der Waals surface area contributed by atoms with Gasteiger partial charge in [0.25, 0.3) is 0 Å². The quantitative estimate of drug-likeness (QED) is 0.685. The number of aromatic amines is 1. The third-order valence-corrected chi connectivity index (χ3v) is 2.63. The molecule has 0 aliphatic rings. The summed E-state index contributed by atoms with van der Waals surface area (Å²) in [6.45, 7) is 0. The predicted octanol–water partition coefficient (Wildman–Crippen LogP) is 2.50. The fourth-order valence-electron chi connectivity index (χ4n) is 1.83. The average Bonchev–Trinajstić information content (AvgIpc) is 2.87. The molecule has 0 aliphatic carbocycles. The summed E-state index contributed by atoms with van der Waals surface area (Å²) in [5.74, 6) is 0. The Labute approximate surface area is 97.6 Å². The molecule has 0 atom stereocenters. The minimum Gasteiger partial charge on any atom is -0.343 e. The van der Waals surface area contributed by atoms with E-state index < -0.39 is 0 Å². The van der Waals surface area contributed by atoms with Crippen LogP contribution < -0.4 is 0 Å². The van der Waals surface area contributed by atoms with Crippen molar-refractivity contribution in [1.29, 1.82) is 5.26 Å². The number of fused-ring (bicyclic) bond motifs is 1. The first kappa shape index (κ1) is 9.55. The maximum Gasteiger partial charge on any atom is 0.0992 e. The van der Waals surface area contributed by atoms with Crippen molar-refractivity contribution in [3.8, 4) is 17.2 Å². The normalized spacial score (nSPS) is 10.3. The highest BCUT2D eigenvalue weighted by Crippen LogP contribution is 2.25. The van der Waals surface area contributed by atoms with E-state index in [0.717, 1.165) is 22.2 Å². The van der Waals surface area contributed by atoms with Crippen molar-refractivity contribution in [2.45, 2.75) is 0 Å². The molecule has 2 heterocycles. The zero-order valence-electron chi connectivity index (χ0n) is 8.88. The summed E-state index contributed by atoms with van der Waals surface area (Å²) in [6, 6.07) is 9.56. The molecule has 4 nitrogen and oxygen atoms in total. The topological polar surface area (TPSA) is 65.4 Å². The Bertz CT molecular complexity index is 721. The number of nitriles is 1. The lowest BCUT2D eigenvalue weighted by Crippen LogP contribution is -1.84. The van der Waals surface area contributed by atoms with Gasteiger partial charge in [0.2, 0.25) is 0 Å². The van der Waals surface area contributed by atoms with E-state index in [-0.39, 0.29) is 0 Å². The van der Waals surface area contributed by atoms with E-state index in [1.54, 1.807) is 24.8 Å². The number of imidazole rings is 1. The monoisotopic (exact) mass is 220 g/mol. The van der Waals surface area contributed by atoms with Gasteiger partial charge in [0.1, 0.15) is 0 Å². The van der Waals surface area contributed by atoms with E-state index in [0.29, 0.717) is 5.56 Å². The van der Waals surface area contributed by atoms with Gasteiger partial charge in [0.05, 0.1) is 35.2 Å². The van der Waals surface area contributed by atoms with E-state index in [1.165, 1.54) is 0 Å². The first-order chi connectivity index (χ1) is 8.38. The van der Waals surface area contributed by atoms with Crippen molar-refractivity contribution < 1.29 is 0 Å². The molecule has 0 saturated heterocycles. The number of aromatic nitrogens is 3. The van der Waals surface area contributed by atoms with Crippen LogP contribution in [-0.4, -0.2) is 15.0 Å².